The summed E-state index contributed by atoms with van der Waals surface area (Å²) >= 11 is 0. The van der Waals surface area contributed by atoms with Crippen LogP contribution in [0.1, 0.15) is 61.7 Å². The van der Waals surface area contributed by atoms with E-state index in [9.17, 15) is 5.26 Å². The van der Waals surface area contributed by atoms with Gasteiger partial charge in [0.15, 0.2) is 5.82 Å². The van der Waals surface area contributed by atoms with Gasteiger partial charge in [0.05, 0.1) is 28.4 Å². The molecule has 5 aromatic rings. The summed E-state index contributed by atoms with van der Waals surface area (Å²) in [7, 11) is 0. The summed E-state index contributed by atoms with van der Waals surface area (Å²) < 4.78 is 2.40. The molecule has 0 unspecified atom stereocenters. The van der Waals surface area contributed by atoms with Gasteiger partial charge in [-0.25, -0.2) is 15.0 Å². The maximum Gasteiger partial charge on any atom is 0.165 e. The Morgan fingerprint density at radius 1 is 0.595 bits per heavy atom. The highest BCUT2D eigenvalue weighted by molar-refractivity contribution is 6.15. The second-order valence-electron chi connectivity index (χ2n) is 10.4. The summed E-state index contributed by atoms with van der Waals surface area (Å²) in [6, 6.07) is 8.16. The minimum absolute atomic E-state index is 0.579. The highest BCUT2D eigenvalue weighted by Gasteiger charge is 2.25. The van der Waals surface area contributed by atoms with E-state index >= 15 is 0 Å². The predicted octanol–water partition coefficient (Wildman–Crippen LogP) is 7.59. The standard InChI is InChI=1S/C32H33N5/c1-15-17(3)21(7)30-28(19(15)5)29-20(6)16(2)18(4)22(8)31(29)37(30)27-12-11-25(14-33)13-26(27)32-35-23(9)34-24(10)36-32/h11-13H,1-10H3. The lowest BCUT2D eigenvalue weighted by Gasteiger charge is -2.18. The first-order valence-corrected chi connectivity index (χ1v) is 12.7. The van der Waals surface area contributed by atoms with Crippen LogP contribution < -0.4 is 0 Å². The van der Waals surface area contributed by atoms with Gasteiger partial charge in [0.2, 0.25) is 0 Å². The molecule has 37 heavy (non-hydrogen) atoms. The predicted molar refractivity (Wildman–Crippen MR) is 152 cm³/mol. The number of nitriles is 1. The van der Waals surface area contributed by atoms with Crippen molar-refractivity contribution >= 4 is 21.8 Å². The normalized spacial score (nSPS) is 11.5. The molecule has 0 fully saturated rings. The monoisotopic (exact) mass is 487 g/mol. The molecule has 5 heteroatoms. The molecule has 0 amide bonds. The van der Waals surface area contributed by atoms with Gasteiger partial charge in [-0.15, -0.1) is 0 Å². The van der Waals surface area contributed by atoms with E-state index in [-0.39, 0.29) is 0 Å². The van der Waals surface area contributed by atoms with Crippen LogP contribution in [-0.2, 0) is 0 Å². The van der Waals surface area contributed by atoms with Crippen molar-refractivity contribution in [1.82, 2.24) is 19.5 Å². The van der Waals surface area contributed by atoms with Crippen molar-refractivity contribution in [2.24, 2.45) is 0 Å². The maximum absolute atomic E-state index is 9.77. The molecule has 3 aromatic carbocycles. The fourth-order valence-corrected chi connectivity index (χ4v) is 5.82. The topological polar surface area (TPSA) is 67.4 Å². The Balaban J connectivity index is 2.11. The molecule has 0 aliphatic carbocycles. The van der Waals surface area contributed by atoms with Gasteiger partial charge >= 0.3 is 0 Å². The summed E-state index contributed by atoms with van der Waals surface area (Å²) in [5.41, 5.74) is 15.2. The number of aromatic nitrogens is 4. The molecule has 2 heterocycles. The van der Waals surface area contributed by atoms with Crippen molar-refractivity contribution in [2.75, 3.05) is 0 Å². The van der Waals surface area contributed by atoms with Gasteiger partial charge in [-0.05, 0) is 132 Å². The summed E-state index contributed by atoms with van der Waals surface area (Å²) in [5, 5.41) is 12.4. The first-order valence-electron chi connectivity index (χ1n) is 12.7. The molecule has 0 radical (unpaired) electrons. The number of aryl methyl sites for hydroxylation is 6. The van der Waals surface area contributed by atoms with Crippen LogP contribution in [0.2, 0.25) is 0 Å². The minimum atomic E-state index is 0.579. The van der Waals surface area contributed by atoms with E-state index in [4.69, 9.17) is 9.97 Å². The molecule has 0 atom stereocenters. The third-order valence-electron chi connectivity index (χ3n) is 8.47. The number of benzene rings is 3. The van der Waals surface area contributed by atoms with Crippen LogP contribution in [0.5, 0.6) is 0 Å². The fraction of sp³-hybridized carbons (Fsp3) is 0.312. The Morgan fingerprint density at radius 3 is 1.51 bits per heavy atom. The lowest BCUT2D eigenvalue weighted by molar-refractivity contribution is 0.926. The first kappa shape index (κ1) is 24.6. The van der Waals surface area contributed by atoms with Gasteiger partial charge in [0, 0.05) is 16.3 Å². The second kappa shape index (κ2) is 8.52. The van der Waals surface area contributed by atoms with Crippen molar-refractivity contribution in [2.45, 2.75) is 69.2 Å². The lowest BCUT2D eigenvalue weighted by atomic mass is 9.90. The van der Waals surface area contributed by atoms with E-state index in [1.54, 1.807) is 0 Å². The van der Waals surface area contributed by atoms with Crippen molar-refractivity contribution in [3.63, 3.8) is 0 Å². The Labute approximate surface area is 218 Å². The number of fused-ring (bicyclic) bond motifs is 3. The van der Waals surface area contributed by atoms with Crippen LogP contribution in [0.3, 0.4) is 0 Å². The van der Waals surface area contributed by atoms with Gasteiger partial charge in [-0.2, -0.15) is 5.26 Å². The van der Waals surface area contributed by atoms with Gasteiger partial charge in [0.25, 0.3) is 0 Å². The van der Waals surface area contributed by atoms with E-state index in [1.807, 2.05) is 26.0 Å². The highest BCUT2D eigenvalue weighted by Crippen LogP contribution is 2.44. The average Bonchev–Trinajstić information content (AvgIpc) is 3.23. The molecule has 0 saturated heterocycles. The zero-order chi connectivity index (χ0) is 26.9. The molecule has 0 spiro atoms. The van der Waals surface area contributed by atoms with Crippen LogP contribution in [0, 0.1) is 80.6 Å². The minimum Gasteiger partial charge on any atom is -0.308 e. The molecule has 0 aliphatic heterocycles. The Bertz CT molecular complexity index is 1730. The number of rotatable bonds is 2. The van der Waals surface area contributed by atoms with Crippen molar-refractivity contribution in [3.8, 4) is 23.1 Å². The first-order chi connectivity index (χ1) is 17.5. The third-order valence-corrected chi connectivity index (χ3v) is 8.47. The molecule has 5 nitrogen and oxygen atoms in total. The SMILES string of the molecule is Cc1nc(C)nc(-c2cc(C#N)ccc2-n2c3c(C)c(C)c(C)c(C)c3c3c(C)c(C)c(C)c(C)c32)n1. The van der Waals surface area contributed by atoms with Crippen LogP contribution >= 0.6 is 0 Å². The second-order valence-corrected chi connectivity index (χ2v) is 10.4. The van der Waals surface area contributed by atoms with Crippen LogP contribution in [0.15, 0.2) is 18.2 Å². The molecule has 0 aliphatic rings. The van der Waals surface area contributed by atoms with E-state index in [0.717, 1.165) is 11.3 Å². The van der Waals surface area contributed by atoms with E-state index < -0.39 is 0 Å². The fourth-order valence-electron chi connectivity index (χ4n) is 5.82. The zero-order valence-corrected chi connectivity index (χ0v) is 23.5. The van der Waals surface area contributed by atoms with Crippen LogP contribution in [0.4, 0.5) is 0 Å². The van der Waals surface area contributed by atoms with Crippen LogP contribution in [0.25, 0.3) is 38.9 Å². The van der Waals surface area contributed by atoms with Crippen molar-refractivity contribution in [1.29, 1.82) is 5.26 Å². The maximum atomic E-state index is 9.77. The number of hydrogen-bond acceptors (Lipinski definition) is 4. The lowest BCUT2D eigenvalue weighted by Crippen LogP contribution is -2.06. The summed E-state index contributed by atoms with van der Waals surface area (Å²) in [4.78, 5) is 13.8. The van der Waals surface area contributed by atoms with Gasteiger partial charge < -0.3 is 4.57 Å². The Kier molecular flexibility index (Phi) is 5.68. The summed E-state index contributed by atoms with van der Waals surface area (Å²) in [5.74, 6) is 1.91. The molecule has 0 N–H and O–H groups in total. The molecular weight excluding hydrogens is 454 g/mol. The molecule has 0 bridgehead atoms. The molecular formula is C32H33N5. The van der Waals surface area contributed by atoms with E-state index in [2.05, 4.69) is 77.1 Å². The third kappa shape index (κ3) is 3.47. The quantitative estimate of drug-likeness (QED) is 0.257. The molecule has 0 saturated carbocycles. The molecule has 186 valence electrons. The van der Waals surface area contributed by atoms with Crippen molar-refractivity contribution < 1.29 is 0 Å². The Morgan fingerprint density at radius 2 is 1.05 bits per heavy atom. The van der Waals surface area contributed by atoms with Crippen LogP contribution in [-0.4, -0.2) is 19.5 Å². The van der Waals surface area contributed by atoms with Crippen molar-refractivity contribution in [3.05, 3.63) is 79.9 Å². The summed E-state index contributed by atoms with van der Waals surface area (Å²) in [6.07, 6.45) is 0. The average molecular weight is 488 g/mol. The smallest absolute Gasteiger partial charge is 0.165 e. The number of hydrogen-bond donors (Lipinski definition) is 0. The molecule has 5 rings (SSSR count). The summed E-state index contributed by atoms with van der Waals surface area (Å²) in [6.45, 7) is 21.6. The molecule has 2 aromatic heterocycles. The largest absolute Gasteiger partial charge is 0.308 e. The highest BCUT2D eigenvalue weighted by atomic mass is 15.0. The Hall–Kier alpha value is -4.04. The van der Waals surface area contributed by atoms with Gasteiger partial charge in [0.1, 0.15) is 11.6 Å². The van der Waals surface area contributed by atoms with E-state index in [0.29, 0.717) is 23.0 Å². The van der Waals surface area contributed by atoms with Gasteiger partial charge in [-0.1, -0.05) is 0 Å². The van der Waals surface area contributed by atoms with Gasteiger partial charge in [-0.3, -0.25) is 0 Å². The van der Waals surface area contributed by atoms with E-state index in [1.165, 1.54) is 66.3 Å². The zero-order valence-electron chi connectivity index (χ0n) is 23.5. The number of nitrogens with zero attached hydrogens (tertiary/aromatic N) is 5.